The van der Waals surface area contributed by atoms with Crippen LogP contribution in [0, 0.1) is 11.3 Å². The quantitative estimate of drug-likeness (QED) is 0.471. The Hall–Kier alpha value is -2.61. The molecule has 182 valence electrons. The van der Waals surface area contributed by atoms with Gasteiger partial charge in [0.1, 0.15) is 18.9 Å². The number of ether oxygens (including phenoxy) is 1. The van der Waals surface area contributed by atoms with Crippen LogP contribution in [0.4, 0.5) is 4.79 Å². The van der Waals surface area contributed by atoms with E-state index in [9.17, 15) is 19.2 Å². The number of aldehydes is 1. The number of carbonyl (C=O) groups excluding carboxylic acids is 4. The third-order valence-corrected chi connectivity index (χ3v) is 5.99. The van der Waals surface area contributed by atoms with Crippen LogP contribution in [0.5, 0.6) is 0 Å². The van der Waals surface area contributed by atoms with Crippen molar-refractivity contribution >= 4 is 35.8 Å². The van der Waals surface area contributed by atoms with Gasteiger partial charge in [0.25, 0.3) is 0 Å². The number of nitrogens with one attached hydrogen (secondary N) is 3. The SMILES string of the molecule is CC(C)(COC(=O)NC(C(=O)NC(C=O)C[C@@H]1CCNC1=O)C(C)(C)C)c1cccc(Cl)c1. The molecular weight excluding hydrogens is 446 g/mol. The van der Waals surface area contributed by atoms with Crippen molar-refractivity contribution in [2.45, 2.75) is 65.0 Å². The van der Waals surface area contributed by atoms with E-state index in [1.165, 1.54) is 0 Å². The highest BCUT2D eigenvalue weighted by molar-refractivity contribution is 6.30. The second-order valence-corrected chi connectivity index (χ2v) is 10.6. The maximum atomic E-state index is 13.0. The summed E-state index contributed by atoms with van der Waals surface area (Å²) < 4.78 is 5.43. The Morgan fingerprint density at radius 3 is 2.48 bits per heavy atom. The largest absolute Gasteiger partial charge is 0.449 e. The zero-order valence-corrected chi connectivity index (χ0v) is 20.6. The first kappa shape index (κ1) is 26.6. The average Bonchev–Trinajstić information content (AvgIpc) is 3.13. The van der Waals surface area contributed by atoms with Crippen LogP contribution >= 0.6 is 11.6 Å². The van der Waals surface area contributed by atoms with Crippen LogP contribution in [-0.4, -0.2) is 49.4 Å². The zero-order chi connectivity index (χ0) is 24.8. The minimum Gasteiger partial charge on any atom is -0.449 e. The lowest BCUT2D eigenvalue weighted by atomic mass is 9.85. The highest BCUT2D eigenvalue weighted by Crippen LogP contribution is 2.26. The second kappa shape index (κ2) is 11.0. The highest BCUT2D eigenvalue weighted by atomic mass is 35.5. The summed E-state index contributed by atoms with van der Waals surface area (Å²) in [6.45, 7) is 9.88. The third-order valence-electron chi connectivity index (χ3n) is 5.75. The molecule has 1 aliphatic rings. The fourth-order valence-electron chi connectivity index (χ4n) is 3.66. The summed E-state index contributed by atoms with van der Waals surface area (Å²) >= 11 is 6.07. The lowest BCUT2D eigenvalue weighted by Crippen LogP contribution is -2.56. The van der Waals surface area contributed by atoms with Gasteiger partial charge in [-0.15, -0.1) is 0 Å². The van der Waals surface area contributed by atoms with Gasteiger partial charge in [-0.2, -0.15) is 0 Å². The van der Waals surface area contributed by atoms with Gasteiger partial charge in [-0.05, 0) is 36.0 Å². The Bertz CT molecular complexity index is 881. The molecule has 33 heavy (non-hydrogen) atoms. The summed E-state index contributed by atoms with van der Waals surface area (Å²) in [7, 11) is 0. The van der Waals surface area contributed by atoms with Crippen LogP contribution in [0.25, 0.3) is 0 Å². The van der Waals surface area contributed by atoms with Crippen molar-refractivity contribution in [1.82, 2.24) is 16.0 Å². The maximum Gasteiger partial charge on any atom is 0.407 e. The van der Waals surface area contributed by atoms with Crippen LogP contribution in [0.3, 0.4) is 0 Å². The van der Waals surface area contributed by atoms with E-state index in [1.54, 1.807) is 26.8 Å². The van der Waals surface area contributed by atoms with Gasteiger partial charge in [0.05, 0.1) is 6.04 Å². The molecule has 0 saturated carbocycles. The first-order chi connectivity index (χ1) is 15.3. The number of halogens is 1. The molecule has 1 saturated heterocycles. The number of rotatable bonds is 9. The monoisotopic (exact) mass is 479 g/mol. The van der Waals surface area contributed by atoms with E-state index in [-0.39, 0.29) is 24.9 Å². The number of carbonyl (C=O) groups is 4. The zero-order valence-electron chi connectivity index (χ0n) is 19.9. The molecule has 2 unspecified atom stereocenters. The second-order valence-electron chi connectivity index (χ2n) is 10.2. The molecular formula is C24H34ClN3O5. The van der Waals surface area contributed by atoms with Gasteiger partial charge in [-0.25, -0.2) is 4.79 Å². The van der Waals surface area contributed by atoms with Crippen molar-refractivity contribution in [3.8, 4) is 0 Å². The number of alkyl carbamates (subject to hydrolysis) is 1. The van der Waals surface area contributed by atoms with Gasteiger partial charge >= 0.3 is 6.09 Å². The molecule has 9 heteroatoms. The molecule has 1 fully saturated rings. The molecule has 3 atom stereocenters. The molecule has 0 radical (unpaired) electrons. The Morgan fingerprint density at radius 1 is 1.24 bits per heavy atom. The van der Waals surface area contributed by atoms with E-state index in [4.69, 9.17) is 16.3 Å². The van der Waals surface area contributed by atoms with Crippen LogP contribution in [0.1, 0.15) is 53.0 Å². The normalized spacial score (nSPS) is 18.1. The summed E-state index contributed by atoms with van der Waals surface area (Å²) in [5.74, 6) is -0.947. The van der Waals surface area contributed by atoms with Crippen LogP contribution in [0.2, 0.25) is 5.02 Å². The minimum atomic E-state index is -0.945. The van der Waals surface area contributed by atoms with Crippen LogP contribution in [0.15, 0.2) is 24.3 Å². The van der Waals surface area contributed by atoms with Crippen molar-refractivity contribution in [3.05, 3.63) is 34.9 Å². The van der Waals surface area contributed by atoms with Crippen molar-refractivity contribution in [3.63, 3.8) is 0 Å². The van der Waals surface area contributed by atoms with E-state index in [0.29, 0.717) is 24.3 Å². The molecule has 0 aromatic heterocycles. The Labute approximate surface area is 200 Å². The van der Waals surface area contributed by atoms with E-state index >= 15 is 0 Å². The maximum absolute atomic E-state index is 13.0. The molecule has 1 aromatic rings. The van der Waals surface area contributed by atoms with Gasteiger partial charge in [-0.1, -0.05) is 58.4 Å². The summed E-state index contributed by atoms with van der Waals surface area (Å²) in [6.07, 6.45) is 0.720. The molecule has 0 aliphatic carbocycles. The number of benzene rings is 1. The Kier molecular flexibility index (Phi) is 8.89. The molecule has 8 nitrogen and oxygen atoms in total. The molecule has 3 N–H and O–H groups in total. The predicted octanol–water partition coefficient (Wildman–Crippen LogP) is 2.97. The number of hydrogen-bond acceptors (Lipinski definition) is 5. The first-order valence-electron chi connectivity index (χ1n) is 11.1. The molecule has 1 heterocycles. The van der Waals surface area contributed by atoms with Crippen molar-refractivity contribution in [1.29, 1.82) is 0 Å². The van der Waals surface area contributed by atoms with Crippen molar-refractivity contribution in [2.75, 3.05) is 13.2 Å². The molecule has 0 spiro atoms. The Balaban J connectivity index is 1.99. The number of hydrogen-bond donors (Lipinski definition) is 3. The van der Waals surface area contributed by atoms with Gasteiger partial charge < -0.3 is 25.5 Å². The van der Waals surface area contributed by atoms with Crippen molar-refractivity contribution < 1.29 is 23.9 Å². The lowest BCUT2D eigenvalue weighted by Gasteiger charge is -2.32. The lowest BCUT2D eigenvalue weighted by molar-refractivity contribution is -0.129. The third kappa shape index (κ3) is 7.74. The van der Waals surface area contributed by atoms with Crippen LogP contribution in [-0.2, 0) is 24.5 Å². The standard InChI is InChI=1S/C24H34ClN3O5/c1-23(2,3)19(21(31)27-18(13-29)11-15-9-10-26-20(15)30)28-22(32)33-14-24(4,5)16-7-6-8-17(25)12-16/h6-8,12-13,15,18-19H,9-11,14H2,1-5H3,(H,26,30)(H,27,31)(H,28,32)/t15-,18?,19?/m0/s1. The topological polar surface area (TPSA) is 114 Å². The minimum absolute atomic E-state index is 0.0748. The van der Waals surface area contributed by atoms with E-state index in [2.05, 4.69) is 16.0 Å². The smallest absolute Gasteiger partial charge is 0.407 e. The molecule has 1 aromatic carbocycles. The van der Waals surface area contributed by atoms with E-state index in [1.807, 2.05) is 32.0 Å². The number of amides is 3. The summed E-state index contributed by atoms with van der Waals surface area (Å²) in [4.78, 5) is 48.9. The van der Waals surface area contributed by atoms with Gasteiger partial charge in [0.2, 0.25) is 11.8 Å². The van der Waals surface area contributed by atoms with Gasteiger partial charge in [-0.3, -0.25) is 9.59 Å². The van der Waals surface area contributed by atoms with Crippen LogP contribution < -0.4 is 16.0 Å². The van der Waals surface area contributed by atoms with E-state index < -0.39 is 34.9 Å². The summed E-state index contributed by atoms with van der Waals surface area (Å²) in [6, 6.07) is 5.56. The molecule has 3 amide bonds. The fraction of sp³-hybridized carbons (Fsp3) is 0.583. The predicted molar refractivity (Wildman–Crippen MR) is 126 cm³/mol. The fourth-order valence-corrected chi connectivity index (χ4v) is 3.85. The molecule has 2 rings (SSSR count). The highest BCUT2D eigenvalue weighted by Gasteiger charge is 2.36. The summed E-state index contributed by atoms with van der Waals surface area (Å²) in [5.41, 5.74) is -0.228. The van der Waals surface area contributed by atoms with Gasteiger partial charge in [0, 0.05) is 22.9 Å². The Morgan fingerprint density at radius 2 is 1.94 bits per heavy atom. The summed E-state index contributed by atoms with van der Waals surface area (Å²) in [5, 5.41) is 8.60. The van der Waals surface area contributed by atoms with Crippen molar-refractivity contribution in [2.24, 2.45) is 11.3 Å². The van der Waals surface area contributed by atoms with E-state index in [0.717, 1.165) is 5.56 Å². The molecule has 0 bridgehead atoms. The van der Waals surface area contributed by atoms with Gasteiger partial charge in [0.15, 0.2) is 0 Å². The first-order valence-corrected chi connectivity index (χ1v) is 11.4. The average molecular weight is 480 g/mol. The molecule has 1 aliphatic heterocycles.